The largest absolute Gasteiger partial charge is 0.434 e. The highest BCUT2D eigenvalue weighted by molar-refractivity contribution is 7.99. The Morgan fingerprint density at radius 2 is 2.07 bits per heavy atom. The van der Waals surface area contributed by atoms with Gasteiger partial charge in [0.05, 0.1) is 18.2 Å². The number of amides is 1. The van der Waals surface area contributed by atoms with Crippen molar-refractivity contribution in [3.63, 3.8) is 0 Å². The maximum Gasteiger partial charge on any atom is 0.411 e. The van der Waals surface area contributed by atoms with Crippen molar-refractivity contribution in [3.05, 3.63) is 22.6 Å². The monoisotopic (exact) mass is 396 g/mol. The van der Waals surface area contributed by atoms with Crippen LogP contribution in [0.2, 0.25) is 0 Å². The molecular formula is C18H28N4O4S. The third kappa shape index (κ3) is 6.00. The number of hydrogen-bond donors (Lipinski definition) is 2. The van der Waals surface area contributed by atoms with E-state index in [1.54, 1.807) is 19.3 Å². The Kier molecular flexibility index (Phi) is 6.94. The van der Waals surface area contributed by atoms with Crippen molar-refractivity contribution in [2.75, 3.05) is 13.7 Å². The average molecular weight is 397 g/mol. The SMILES string of the molecule is CC(C)OCCC(OC(=O)N(C)C(C)(C)C)Sc1nc2cc[nH]c2c(=O)[nH]1. The molecule has 0 bridgehead atoms. The lowest BCUT2D eigenvalue weighted by Gasteiger charge is -2.32. The summed E-state index contributed by atoms with van der Waals surface area (Å²) in [6.07, 6.45) is 1.78. The summed E-state index contributed by atoms with van der Waals surface area (Å²) in [5.74, 6) is 0. The molecule has 0 aliphatic heterocycles. The lowest BCUT2D eigenvalue weighted by atomic mass is 10.1. The summed E-state index contributed by atoms with van der Waals surface area (Å²) in [5.41, 5.74) is -0.180. The van der Waals surface area contributed by atoms with Gasteiger partial charge < -0.3 is 19.4 Å². The number of hydrogen-bond acceptors (Lipinski definition) is 6. The average Bonchev–Trinajstić information content (AvgIpc) is 3.01. The molecule has 0 fully saturated rings. The van der Waals surface area contributed by atoms with Crippen LogP contribution in [0.5, 0.6) is 0 Å². The zero-order valence-electron chi connectivity index (χ0n) is 16.7. The molecule has 0 aromatic carbocycles. The second-order valence-electron chi connectivity index (χ2n) is 7.48. The summed E-state index contributed by atoms with van der Waals surface area (Å²) in [5, 5.41) is 0.396. The number of thioether (sulfide) groups is 1. The van der Waals surface area contributed by atoms with Crippen LogP contribution < -0.4 is 5.56 Å². The molecule has 0 radical (unpaired) electrons. The Morgan fingerprint density at radius 3 is 2.70 bits per heavy atom. The summed E-state index contributed by atoms with van der Waals surface area (Å²) in [4.78, 5) is 36.1. The number of nitrogens with one attached hydrogen (secondary N) is 2. The van der Waals surface area contributed by atoms with Gasteiger partial charge in [0.25, 0.3) is 5.56 Å². The van der Waals surface area contributed by atoms with Gasteiger partial charge in [-0.1, -0.05) is 0 Å². The van der Waals surface area contributed by atoms with E-state index in [1.165, 1.54) is 16.7 Å². The molecule has 2 N–H and O–H groups in total. The van der Waals surface area contributed by atoms with Crippen LogP contribution in [0.1, 0.15) is 41.0 Å². The molecule has 0 aliphatic rings. The summed E-state index contributed by atoms with van der Waals surface area (Å²) in [6, 6.07) is 1.73. The molecule has 1 atom stereocenters. The van der Waals surface area contributed by atoms with Gasteiger partial charge in [-0.15, -0.1) is 0 Å². The van der Waals surface area contributed by atoms with E-state index in [0.29, 0.717) is 29.2 Å². The van der Waals surface area contributed by atoms with Gasteiger partial charge in [-0.2, -0.15) is 0 Å². The first kappa shape index (κ1) is 21.3. The van der Waals surface area contributed by atoms with Crippen molar-refractivity contribution in [2.24, 2.45) is 0 Å². The van der Waals surface area contributed by atoms with Gasteiger partial charge in [0.15, 0.2) is 10.6 Å². The van der Waals surface area contributed by atoms with Crippen LogP contribution in [0.25, 0.3) is 11.0 Å². The second-order valence-corrected chi connectivity index (χ2v) is 8.63. The summed E-state index contributed by atoms with van der Waals surface area (Å²) in [6.45, 7) is 10.1. The van der Waals surface area contributed by atoms with Gasteiger partial charge in [-0.3, -0.25) is 9.78 Å². The highest BCUT2D eigenvalue weighted by Crippen LogP contribution is 2.25. The number of carbonyl (C=O) groups is 1. The van der Waals surface area contributed by atoms with Crippen molar-refractivity contribution in [3.8, 4) is 0 Å². The molecular weight excluding hydrogens is 368 g/mol. The first-order chi connectivity index (χ1) is 12.6. The van der Waals surface area contributed by atoms with Crippen molar-refractivity contribution in [1.29, 1.82) is 0 Å². The number of aromatic nitrogens is 3. The van der Waals surface area contributed by atoms with Crippen LogP contribution in [0, 0.1) is 0 Å². The second kappa shape index (κ2) is 8.79. The Morgan fingerprint density at radius 1 is 1.37 bits per heavy atom. The number of carbonyl (C=O) groups excluding carboxylic acids is 1. The van der Waals surface area contributed by atoms with Crippen LogP contribution >= 0.6 is 11.8 Å². The topological polar surface area (TPSA) is 100 Å². The zero-order valence-corrected chi connectivity index (χ0v) is 17.5. The van der Waals surface area contributed by atoms with Crippen LogP contribution in [-0.2, 0) is 9.47 Å². The Hall–Kier alpha value is -2.00. The van der Waals surface area contributed by atoms with E-state index in [9.17, 15) is 9.59 Å². The van der Waals surface area contributed by atoms with Crippen molar-refractivity contribution in [1.82, 2.24) is 19.9 Å². The van der Waals surface area contributed by atoms with E-state index in [0.717, 1.165) is 0 Å². The number of fused-ring (bicyclic) bond motifs is 1. The van der Waals surface area contributed by atoms with Gasteiger partial charge >= 0.3 is 6.09 Å². The predicted octanol–water partition coefficient (Wildman–Crippen LogP) is 3.35. The lowest BCUT2D eigenvalue weighted by molar-refractivity contribution is 0.0411. The van der Waals surface area contributed by atoms with E-state index in [1.807, 2.05) is 34.6 Å². The fourth-order valence-electron chi connectivity index (χ4n) is 2.12. The Balaban J connectivity index is 2.15. The molecule has 0 aliphatic carbocycles. The van der Waals surface area contributed by atoms with E-state index in [-0.39, 0.29) is 17.2 Å². The molecule has 150 valence electrons. The van der Waals surface area contributed by atoms with Crippen molar-refractivity contribution >= 4 is 28.9 Å². The van der Waals surface area contributed by atoms with E-state index in [4.69, 9.17) is 9.47 Å². The normalized spacial score (nSPS) is 13.1. The number of ether oxygens (including phenoxy) is 2. The van der Waals surface area contributed by atoms with Gasteiger partial charge in [0.2, 0.25) is 0 Å². The maximum absolute atomic E-state index is 12.5. The minimum absolute atomic E-state index is 0.0812. The molecule has 2 aromatic heterocycles. The number of H-pyrrole nitrogens is 2. The highest BCUT2D eigenvalue weighted by atomic mass is 32.2. The Bertz CT molecular complexity index is 825. The van der Waals surface area contributed by atoms with Gasteiger partial charge in [-0.05, 0) is 52.4 Å². The molecule has 2 rings (SSSR count). The first-order valence-electron chi connectivity index (χ1n) is 8.88. The van der Waals surface area contributed by atoms with Gasteiger partial charge in [0, 0.05) is 25.2 Å². The molecule has 9 heteroatoms. The molecule has 0 saturated carbocycles. The molecule has 2 heterocycles. The predicted molar refractivity (Wildman–Crippen MR) is 106 cm³/mol. The van der Waals surface area contributed by atoms with E-state index < -0.39 is 11.5 Å². The maximum atomic E-state index is 12.5. The third-order valence-corrected chi connectivity index (χ3v) is 4.97. The minimum Gasteiger partial charge on any atom is -0.434 e. The molecule has 2 aromatic rings. The van der Waals surface area contributed by atoms with Gasteiger partial charge in [-0.25, -0.2) is 9.78 Å². The van der Waals surface area contributed by atoms with E-state index in [2.05, 4.69) is 15.0 Å². The fourth-order valence-corrected chi connectivity index (χ4v) is 3.02. The van der Waals surface area contributed by atoms with Crippen LogP contribution in [0.3, 0.4) is 0 Å². The summed E-state index contributed by atoms with van der Waals surface area (Å²) in [7, 11) is 1.70. The summed E-state index contributed by atoms with van der Waals surface area (Å²) >= 11 is 1.20. The quantitative estimate of drug-likeness (QED) is 0.423. The van der Waals surface area contributed by atoms with Gasteiger partial charge in [0.1, 0.15) is 5.52 Å². The molecule has 1 amide bonds. The van der Waals surface area contributed by atoms with Crippen LogP contribution in [-0.4, -0.2) is 56.7 Å². The molecule has 27 heavy (non-hydrogen) atoms. The number of nitrogens with zero attached hydrogens (tertiary/aromatic N) is 2. The highest BCUT2D eigenvalue weighted by Gasteiger charge is 2.27. The van der Waals surface area contributed by atoms with E-state index >= 15 is 0 Å². The number of rotatable bonds is 7. The minimum atomic E-state index is -0.541. The molecule has 8 nitrogen and oxygen atoms in total. The number of aromatic amines is 2. The summed E-state index contributed by atoms with van der Waals surface area (Å²) < 4.78 is 11.2. The first-order valence-corrected chi connectivity index (χ1v) is 9.76. The Labute approximate surface area is 163 Å². The third-order valence-electron chi connectivity index (χ3n) is 3.95. The molecule has 1 unspecified atom stereocenters. The van der Waals surface area contributed by atoms with Crippen molar-refractivity contribution in [2.45, 2.75) is 63.3 Å². The lowest BCUT2D eigenvalue weighted by Crippen LogP contribution is -2.43. The zero-order chi connectivity index (χ0) is 20.2. The smallest absolute Gasteiger partial charge is 0.411 e. The standard InChI is InChI=1S/C18H28N4O4S/c1-11(2)25-10-8-13(26-17(24)22(6)18(3,4)5)27-16-20-12-7-9-19-14(12)15(23)21-16/h7,9,11,13,19H,8,10H2,1-6H3,(H,20,21,23). The molecule has 0 saturated heterocycles. The fraction of sp³-hybridized carbons (Fsp3) is 0.611. The molecule has 0 spiro atoms. The van der Waals surface area contributed by atoms with Crippen LogP contribution in [0.15, 0.2) is 22.2 Å². The van der Waals surface area contributed by atoms with Crippen molar-refractivity contribution < 1.29 is 14.3 Å². The van der Waals surface area contributed by atoms with Crippen LogP contribution in [0.4, 0.5) is 4.79 Å².